The van der Waals surface area contributed by atoms with Gasteiger partial charge in [0.05, 0.1) is 0 Å². The molecule has 0 atom stereocenters. The zero-order valence-corrected chi connectivity index (χ0v) is 11.7. The highest BCUT2D eigenvalue weighted by Gasteiger charge is 2.20. The van der Waals surface area contributed by atoms with Crippen LogP contribution in [0.4, 0.5) is 0 Å². The van der Waals surface area contributed by atoms with Crippen molar-refractivity contribution in [2.45, 2.75) is 33.1 Å². The van der Waals surface area contributed by atoms with E-state index in [4.69, 9.17) is 5.73 Å². The number of aryl methyl sites for hydroxylation is 1. The molecule has 4 nitrogen and oxygen atoms in total. The third-order valence-corrected chi connectivity index (χ3v) is 3.14. The Bertz CT molecular complexity index is 357. The summed E-state index contributed by atoms with van der Waals surface area (Å²) in [5, 5.41) is 0. The number of nitrogens with zero attached hydrogens (tertiary/aromatic N) is 1. The minimum Gasteiger partial charge on any atom is -0.365 e. The molecule has 0 spiro atoms. The molecule has 102 valence electrons. The molecule has 0 saturated heterocycles. The minimum atomic E-state index is -0.0101. The van der Waals surface area contributed by atoms with Gasteiger partial charge in [0.25, 0.3) is 0 Å². The molecule has 0 aliphatic heterocycles. The summed E-state index contributed by atoms with van der Waals surface area (Å²) in [5.74, 6) is 0.197. The van der Waals surface area contributed by atoms with Crippen LogP contribution in [-0.4, -0.2) is 35.9 Å². The maximum absolute atomic E-state index is 11.9. The smallest absolute Gasteiger partial charge is 0.222 e. The zero-order chi connectivity index (χ0) is 13.6. The molecule has 0 aliphatic rings. The lowest BCUT2D eigenvalue weighted by Gasteiger charge is -2.29. The number of hydrogen-bond donors (Lipinski definition) is 2. The first-order valence-electron chi connectivity index (χ1n) is 6.51. The second-order valence-electron chi connectivity index (χ2n) is 5.67. The van der Waals surface area contributed by atoms with Gasteiger partial charge in [0.1, 0.15) is 0 Å². The van der Waals surface area contributed by atoms with Crippen molar-refractivity contribution in [2.24, 2.45) is 11.1 Å². The number of nitrogens with one attached hydrogen (secondary N) is 1. The monoisotopic (exact) mass is 251 g/mol. The van der Waals surface area contributed by atoms with Crippen molar-refractivity contribution in [3.8, 4) is 0 Å². The summed E-state index contributed by atoms with van der Waals surface area (Å²) in [6.45, 7) is 5.46. The molecule has 1 amide bonds. The van der Waals surface area contributed by atoms with E-state index in [0.29, 0.717) is 19.5 Å². The standard InChI is InChI=1S/C14H25N3O/c1-14(2,10-15)11-17(3)13(18)8-4-6-12-7-5-9-16-12/h5,7,9,16H,4,6,8,10-11,15H2,1-3H3. The van der Waals surface area contributed by atoms with E-state index in [2.05, 4.69) is 18.8 Å². The Balaban J connectivity index is 2.27. The summed E-state index contributed by atoms with van der Waals surface area (Å²) in [6, 6.07) is 4.03. The van der Waals surface area contributed by atoms with Crippen LogP contribution in [0.5, 0.6) is 0 Å². The van der Waals surface area contributed by atoms with E-state index in [1.165, 1.54) is 5.69 Å². The lowest BCUT2D eigenvalue weighted by Crippen LogP contribution is -2.39. The molecule has 1 aromatic rings. The molecule has 3 N–H and O–H groups in total. The van der Waals surface area contributed by atoms with Crippen molar-refractivity contribution >= 4 is 5.91 Å². The molecular weight excluding hydrogens is 226 g/mol. The van der Waals surface area contributed by atoms with E-state index in [1.54, 1.807) is 4.90 Å². The van der Waals surface area contributed by atoms with E-state index in [-0.39, 0.29) is 11.3 Å². The van der Waals surface area contributed by atoms with E-state index in [9.17, 15) is 4.79 Å². The maximum Gasteiger partial charge on any atom is 0.222 e. The molecule has 0 aromatic carbocycles. The largest absolute Gasteiger partial charge is 0.365 e. The van der Waals surface area contributed by atoms with Crippen LogP contribution in [0.1, 0.15) is 32.4 Å². The van der Waals surface area contributed by atoms with Gasteiger partial charge >= 0.3 is 0 Å². The zero-order valence-electron chi connectivity index (χ0n) is 11.7. The molecule has 0 saturated carbocycles. The average molecular weight is 251 g/mol. The number of hydrogen-bond acceptors (Lipinski definition) is 2. The van der Waals surface area contributed by atoms with Crippen LogP contribution in [0.15, 0.2) is 18.3 Å². The van der Waals surface area contributed by atoms with Crippen LogP contribution in [0.2, 0.25) is 0 Å². The SMILES string of the molecule is CN(CC(C)(C)CN)C(=O)CCCc1ccc[nH]1. The molecule has 1 heterocycles. The number of nitrogens with two attached hydrogens (primary N) is 1. The molecule has 0 aliphatic carbocycles. The van der Waals surface area contributed by atoms with Crippen molar-refractivity contribution in [1.82, 2.24) is 9.88 Å². The fourth-order valence-electron chi connectivity index (χ4n) is 1.94. The highest BCUT2D eigenvalue weighted by molar-refractivity contribution is 5.75. The van der Waals surface area contributed by atoms with Crippen molar-refractivity contribution < 1.29 is 4.79 Å². The van der Waals surface area contributed by atoms with Gasteiger partial charge in [0.2, 0.25) is 5.91 Å². The number of rotatable bonds is 7. The van der Waals surface area contributed by atoms with E-state index < -0.39 is 0 Å². The van der Waals surface area contributed by atoms with E-state index in [1.807, 2.05) is 25.4 Å². The lowest BCUT2D eigenvalue weighted by atomic mass is 9.93. The van der Waals surface area contributed by atoms with Gasteiger partial charge in [-0.15, -0.1) is 0 Å². The summed E-state index contributed by atoms with van der Waals surface area (Å²) < 4.78 is 0. The highest BCUT2D eigenvalue weighted by Crippen LogP contribution is 2.15. The third-order valence-electron chi connectivity index (χ3n) is 3.14. The number of carbonyl (C=O) groups excluding carboxylic acids is 1. The van der Waals surface area contributed by atoms with Crippen molar-refractivity contribution in [3.63, 3.8) is 0 Å². The topological polar surface area (TPSA) is 62.1 Å². The van der Waals surface area contributed by atoms with Gasteiger partial charge in [-0.3, -0.25) is 4.79 Å². The van der Waals surface area contributed by atoms with Crippen LogP contribution >= 0.6 is 0 Å². The van der Waals surface area contributed by atoms with Gasteiger partial charge in [-0.2, -0.15) is 0 Å². The summed E-state index contributed by atoms with van der Waals surface area (Å²) in [5.41, 5.74) is 6.85. The van der Waals surface area contributed by atoms with Crippen LogP contribution in [0, 0.1) is 5.41 Å². The van der Waals surface area contributed by atoms with Gasteiger partial charge in [0, 0.05) is 31.9 Å². The Labute approximate surface area is 110 Å². The van der Waals surface area contributed by atoms with Crippen LogP contribution < -0.4 is 5.73 Å². The predicted octanol–water partition coefficient (Wildman–Crippen LogP) is 1.78. The van der Waals surface area contributed by atoms with Gasteiger partial charge in [-0.1, -0.05) is 13.8 Å². The molecule has 4 heteroatoms. The van der Waals surface area contributed by atoms with Crippen LogP contribution in [0.3, 0.4) is 0 Å². The number of aromatic amines is 1. The molecule has 0 radical (unpaired) electrons. The van der Waals surface area contributed by atoms with Gasteiger partial charge < -0.3 is 15.6 Å². The Morgan fingerprint density at radius 1 is 1.50 bits per heavy atom. The predicted molar refractivity (Wildman–Crippen MR) is 74.2 cm³/mol. The fraction of sp³-hybridized carbons (Fsp3) is 0.643. The Hall–Kier alpha value is -1.29. The first-order chi connectivity index (χ1) is 8.44. The van der Waals surface area contributed by atoms with E-state index >= 15 is 0 Å². The number of H-pyrrole nitrogens is 1. The summed E-state index contributed by atoms with van der Waals surface area (Å²) >= 11 is 0. The Kier molecular flexibility index (Phi) is 5.41. The average Bonchev–Trinajstić information content (AvgIpc) is 2.81. The Morgan fingerprint density at radius 2 is 2.22 bits per heavy atom. The van der Waals surface area contributed by atoms with Gasteiger partial charge in [-0.05, 0) is 36.9 Å². The second kappa shape index (κ2) is 6.59. The quantitative estimate of drug-likeness (QED) is 0.776. The molecule has 1 aromatic heterocycles. The normalized spacial score (nSPS) is 11.6. The van der Waals surface area contributed by atoms with Crippen LogP contribution in [-0.2, 0) is 11.2 Å². The third kappa shape index (κ3) is 4.92. The lowest BCUT2D eigenvalue weighted by molar-refractivity contribution is -0.131. The van der Waals surface area contributed by atoms with Gasteiger partial charge in [-0.25, -0.2) is 0 Å². The molecule has 0 unspecified atom stereocenters. The molecule has 1 rings (SSSR count). The van der Waals surface area contributed by atoms with E-state index in [0.717, 1.165) is 12.8 Å². The minimum absolute atomic E-state index is 0.0101. The first-order valence-corrected chi connectivity index (χ1v) is 6.51. The summed E-state index contributed by atoms with van der Waals surface area (Å²) in [6.07, 6.45) is 4.31. The number of aromatic nitrogens is 1. The van der Waals surface area contributed by atoms with Crippen molar-refractivity contribution in [1.29, 1.82) is 0 Å². The van der Waals surface area contributed by atoms with Gasteiger partial charge in [0.15, 0.2) is 0 Å². The second-order valence-corrected chi connectivity index (χ2v) is 5.67. The highest BCUT2D eigenvalue weighted by atomic mass is 16.2. The Morgan fingerprint density at radius 3 is 2.78 bits per heavy atom. The van der Waals surface area contributed by atoms with Crippen LogP contribution in [0.25, 0.3) is 0 Å². The van der Waals surface area contributed by atoms with Crippen molar-refractivity contribution in [3.05, 3.63) is 24.0 Å². The summed E-state index contributed by atoms with van der Waals surface area (Å²) in [4.78, 5) is 16.9. The molecule has 0 bridgehead atoms. The maximum atomic E-state index is 11.9. The molecule has 18 heavy (non-hydrogen) atoms. The molecule has 0 fully saturated rings. The fourth-order valence-corrected chi connectivity index (χ4v) is 1.94. The first kappa shape index (κ1) is 14.8. The summed E-state index contributed by atoms with van der Waals surface area (Å²) in [7, 11) is 1.86. The van der Waals surface area contributed by atoms with Crippen molar-refractivity contribution in [2.75, 3.05) is 20.1 Å². The number of amides is 1. The molecular formula is C14H25N3O. The number of carbonyl (C=O) groups is 1.